The number of nitrogens with one attached hydrogen (secondary N) is 1. The number of benzene rings is 1. The highest BCUT2D eigenvalue weighted by atomic mass is 16.2. The van der Waals surface area contributed by atoms with Crippen molar-refractivity contribution in [3.8, 4) is 0 Å². The van der Waals surface area contributed by atoms with Gasteiger partial charge < -0.3 is 5.11 Å². The van der Waals surface area contributed by atoms with Gasteiger partial charge in [-0.25, -0.2) is 0 Å². The largest absolute Gasteiger partial charge is 0.396 e. The molecule has 0 spiro atoms. The molecule has 74 valence electrons. The molecule has 4 nitrogen and oxygen atoms in total. The lowest BCUT2D eigenvalue weighted by atomic mass is 10.2. The van der Waals surface area contributed by atoms with E-state index in [9.17, 15) is 0 Å². The van der Waals surface area contributed by atoms with Crippen LogP contribution in [0.15, 0.2) is 42.7 Å². The Morgan fingerprint density at radius 1 is 1.07 bits per heavy atom. The molecule has 0 fully saturated rings. The van der Waals surface area contributed by atoms with Crippen LogP contribution in [0, 0.1) is 0 Å². The van der Waals surface area contributed by atoms with E-state index in [0.717, 1.165) is 6.42 Å². The molecule has 0 atom stereocenters. The molecule has 0 aliphatic rings. The molecule has 0 saturated heterocycles. The van der Waals surface area contributed by atoms with E-state index in [4.69, 9.17) is 5.11 Å². The van der Waals surface area contributed by atoms with Gasteiger partial charge in [-0.05, 0) is 12.0 Å². The lowest BCUT2D eigenvalue weighted by molar-refractivity contribution is 0.299. The summed E-state index contributed by atoms with van der Waals surface area (Å²) in [4.78, 5) is 0. The maximum Gasteiger partial charge on any atom is 0.0690 e. The molecule has 0 amide bonds. The van der Waals surface area contributed by atoms with Crippen LogP contribution in [-0.4, -0.2) is 27.1 Å². The molecule has 0 aliphatic carbocycles. The Morgan fingerprint density at radius 3 is 2.14 bits per heavy atom. The summed E-state index contributed by atoms with van der Waals surface area (Å²) in [5.41, 5.74) is 1.19. The first-order chi connectivity index (χ1) is 6.93. The third kappa shape index (κ3) is 4.37. The van der Waals surface area contributed by atoms with E-state index in [-0.39, 0.29) is 6.61 Å². The SMILES string of the molecule is OCCc1ccccc1.c1cn[nH]n1. The van der Waals surface area contributed by atoms with E-state index >= 15 is 0 Å². The van der Waals surface area contributed by atoms with Gasteiger partial charge in [-0.2, -0.15) is 15.4 Å². The zero-order valence-corrected chi connectivity index (χ0v) is 7.80. The lowest BCUT2D eigenvalue weighted by Crippen LogP contribution is -1.88. The molecule has 2 aromatic rings. The number of hydrogen-bond acceptors (Lipinski definition) is 3. The molecule has 0 radical (unpaired) electrons. The van der Waals surface area contributed by atoms with Crippen molar-refractivity contribution in [3.63, 3.8) is 0 Å². The summed E-state index contributed by atoms with van der Waals surface area (Å²) in [6.07, 6.45) is 3.93. The van der Waals surface area contributed by atoms with Crippen LogP contribution < -0.4 is 0 Å². The number of nitrogens with zero attached hydrogens (tertiary/aromatic N) is 2. The van der Waals surface area contributed by atoms with Gasteiger partial charge in [0, 0.05) is 6.61 Å². The third-order valence-electron chi connectivity index (χ3n) is 1.57. The van der Waals surface area contributed by atoms with Crippen molar-refractivity contribution in [2.45, 2.75) is 6.42 Å². The predicted octanol–water partition coefficient (Wildman–Crippen LogP) is 1.03. The summed E-state index contributed by atoms with van der Waals surface area (Å²) in [5, 5.41) is 17.9. The fraction of sp³-hybridized carbons (Fsp3) is 0.200. The maximum absolute atomic E-state index is 8.52. The molecular formula is C10H13N3O. The number of rotatable bonds is 2. The van der Waals surface area contributed by atoms with Crippen molar-refractivity contribution in [1.82, 2.24) is 15.4 Å². The number of aromatic amines is 1. The number of aromatic nitrogens is 3. The molecule has 0 aliphatic heterocycles. The first-order valence-electron chi connectivity index (χ1n) is 4.38. The van der Waals surface area contributed by atoms with E-state index in [2.05, 4.69) is 15.4 Å². The van der Waals surface area contributed by atoms with Gasteiger partial charge in [-0.15, -0.1) is 0 Å². The number of hydrogen-bond donors (Lipinski definition) is 2. The Kier molecular flexibility index (Phi) is 5.05. The molecular weight excluding hydrogens is 178 g/mol. The fourth-order valence-corrected chi connectivity index (χ4v) is 0.940. The van der Waals surface area contributed by atoms with Crippen molar-refractivity contribution in [3.05, 3.63) is 48.3 Å². The second-order valence-corrected chi connectivity index (χ2v) is 2.62. The summed E-state index contributed by atoms with van der Waals surface area (Å²) in [6, 6.07) is 9.95. The van der Waals surface area contributed by atoms with Crippen molar-refractivity contribution in [2.24, 2.45) is 0 Å². The molecule has 2 N–H and O–H groups in total. The average molecular weight is 191 g/mol. The van der Waals surface area contributed by atoms with Crippen LogP contribution in [-0.2, 0) is 6.42 Å². The maximum atomic E-state index is 8.52. The summed E-state index contributed by atoms with van der Waals surface area (Å²) < 4.78 is 0. The monoisotopic (exact) mass is 191 g/mol. The van der Waals surface area contributed by atoms with Gasteiger partial charge in [0.25, 0.3) is 0 Å². The number of aliphatic hydroxyl groups is 1. The van der Waals surface area contributed by atoms with Crippen LogP contribution in [0.4, 0.5) is 0 Å². The van der Waals surface area contributed by atoms with Crippen LogP contribution in [0.1, 0.15) is 5.56 Å². The topological polar surface area (TPSA) is 61.8 Å². The Balaban J connectivity index is 0.000000165. The Hall–Kier alpha value is -1.68. The zero-order valence-electron chi connectivity index (χ0n) is 7.80. The van der Waals surface area contributed by atoms with E-state index in [1.807, 2.05) is 30.3 Å². The quantitative estimate of drug-likeness (QED) is 0.745. The highest BCUT2D eigenvalue weighted by Gasteiger charge is 1.85. The molecule has 2 rings (SSSR count). The van der Waals surface area contributed by atoms with Crippen molar-refractivity contribution >= 4 is 0 Å². The van der Waals surface area contributed by atoms with E-state index in [1.165, 1.54) is 5.56 Å². The van der Waals surface area contributed by atoms with E-state index in [1.54, 1.807) is 12.4 Å². The summed E-state index contributed by atoms with van der Waals surface area (Å²) >= 11 is 0. The number of H-pyrrole nitrogens is 1. The minimum Gasteiger partial charge on any atom is -0.396 e. The molecule has 1 aromatic carbocycles. The Labute approximate surface area is 82.6 Å². The summed E-state index contributed by atoms with van der Waals surface area (Å²) in [7, 11) is 0. The highest BCUT2D eigenvalue weighted by Crippen LogP contribution is 1.97. The van der Waals surface area contributed by atoms with Gasteiger partial charge in [-0.3, -0.25) is 0 Å². The van der Waals surface area contributed by atoms with Gasteiger partial charge in [0.2, 0.25) is 0 Å². The van der Waals surface area contributed by atoms with Crippen LogP contribution in [0.2, 0.25) is 0 Å². The molecule has 0 unspecified atom stereocenters. The average Bonchev–Trinajstić information content (AvgIpc) is 2.78. The second kappa shape index (κ2) is 6.80. The summed E-state index contributed by atoms with van der Waals surface area (Å²) in [6.45, 7) is 0.240. The van der Waals surface area contributed by atoms with Crippen LogP contribution >= 0.6 is 0 Å². The fourth-order valence-electron chi connectivity index (χ4n) is 0.940. The summed E-state index contributed by atoms with van der Waals surface area (Å²) in [5.74, 6) is 0. The molecule has 1 aromatic heterocycles. The smallest absolute Gasteiger partial charge is 0.0690 e. The second-order valence-electron chi connectivity index (χ2n) is 2.62. The minimum atomic E-state index is 0.240. The van der Waals surface area contributed by atoms with Gasteiger partial charge in [0.1, 0.15) is 0 Å². The van der Waals surface area contributed by atoms with Gasteiger partial charge in [-0.1, -0.05) is 30.3 Å². The molecule has 1 heterocycles. The van der Waals surface area contributed by atoms with Crippen LogP contribution in [0.5, 0.6) is 0 Å². The third-order valence-corrected chi connectivity index (χ3v) is 1.57. The van der Waals surface area contributed by atoms with Crippen LogP contribution in [0.25, 0.3) is 0 Å². The van der Waals surface area contributed by atoms with E-state index in [0.29, 0.717) is 0 Å². The molecule has 4 heteroatoms. The van der Waals surface area contributed by atoms with E-state index < -0.39 is 0 Å². The predicted molar refractivity (Wildman–Crippen MR) is 53.6 cm³/mol. The normalized spacial score (nSPS) is 8.93. The van der Waals surface area contributed by atoms with Crippen LogP contribution in [0.3, 0.4) is 0 Å². The Bertz CT molecular complexity index is 290. The van der Waals surface area contributed by atoms with Gasteiger partial charge in [0.05, 0.1) is 12.4 Å². The first-order valence-corrected chi connectivity index (χ1v) is 4.38. The highest BCUT2D eigenvalue weighted by molar-refractivity contribution is 5.14. The van der Waals surface area contributed by atoms with Crippen molar-refractivity contribution < 1.29 is 5.11 Å². The van der Waals surface area contributed by atoms with Gasteiger partial charge in [0.15, 0.2) is 0 Å². The zero-order chi connectivity index (χ0) is 10.1. The first kappa shape index (κ1) is 10.4. The Morgan fingerprint density at radius 2 is 1.71 bits per heavy atom. The van der Waals surface area contributed by atoms with Crippen molar-refractivity contribution in [1.29, 1.82) is 0 Å². The molecule has 0 bridgehead atoms. The van der Waals surface area contributed by atoms with Crippen molar-refractivity contribution in [2.75, 3.05) is 6.61 Å². The standard InChI is InChI=1S/C8H10O.C2H3N3/c9-7-6-8-4-2-1-3-5-8;1-2-4-5-3-1/h1-5,9H,6-7H2;1-2H,(H,3,4,5). The minimum absolute atomic E-state index is 0.240. The number of aliphatic hydroxyl groups excluding tert-OH is 1. The molecule has 14 heavy (non-hydrogen) atoms. The molecule has 0 saturated carbocycles. The lowest BCUT2D eigenvalue weighted by Gasteiger charge is -1.93. The van der Waals surface area contributed by atoms with Gasteiger partial charge >= 0.3 is 0 Å².